The van der Waals surface area contributed by atoms with Crippen molar-refractivity contribution in [2.24, 2.45) is 0 Å². The van der Waals surface area contributed by atoms with E-state index in [0.717, 1.165) is 44.5 Å². The van der Waals surface area contributed by atoms with Gasteiger partial charge in [-0.2, -0.15) is 0 Å². The third-order valence-corrected chi connectivity index (χ3v) is 5.12. The monoisotopic (exact) mass is 394 g/mol. The average Bonchev–Trinajstić information content (AvgIpc) is 2.74. The van der Waals surface area contributed by atoms with Gasteiger partial charge < -0.3 is 16.0 Å². The van der Waals surface area contributed by atoms with Gasteiger partial charge in [0.15, 0.2) is 0 Å². The second-order valence-electron chi connectivity index (χ2n) is 7.45. The predicted octanol–water partition coefficient (Wildman–Crippen LogP) is 3.02. The molecule has 29 heavy (non-hydrogen) atoms. The van der Waals surface area contributed by atoms with Crippen LogP contribution in [0.4, 0.5) is 10.5 Å². The quantitative estimate of drug-likeness (QED) is 0.603. The number of benzene rings is 2. The van der Waals surface area contributed by atoms with Crippen molar-refractivity contribution in [1.82, 2.24) is 15.5 Å². The smallest absolute Gasteiger partial charge is 0.315 e. The Morgan fingerprint density at radius 1 is 0.931 bits per heavy atom. The molecule has 0 spiro atoms. The standard InChI is InChI=1S/C23H30N4O2/c28-22(25-20-11-5-2-6-12-20)18-27-16-13-21(14-17-27)26-23(29)24-15-7-10-19-8-3-1-4-9-19/h1-6,8-9,11-12,21H,7,10,13-18H2,(H,25,28)(H2,24,26,29). The summed E-state index contributed by atoms with van der Waals surface area (Å²) < 4.78 is 0. The van der Waals surface area contributed by atoms with Crippen LogP contribution in [0.1, 0.15) is 24.8 Å². The number of urea groups is 1. The van der Waals surface area contributed by atoms with Gasteiger partial charge in [0.1, 0.15) is 0 Å². The highest BCUT2D eigenvalue weighted by Gasteiger charge is 2.22. The van der Waals surface area contributed by atoms with Gasteiger partial charge in [0.2, 0.25) is 5.91 Å². The van der Waals surface area contributed by atoms with Gasteiger partial charge in [-0.1, -0.05) is 48.5 Å². The summed E-state index contributed by atoms with van der Waals surface area (Å²) in [6.45, 7) is 2.66. The fourth-order valence-corrected chi connectivity index (χ4v) is 3.54. The third kappa shape index (κ3) is 7.58. The van der Waals surface area contributed by atoms with E-state index in [-0.39, 0.29) is 18.0 Å². The van der Waals surface area contributed by atoms with Crippen LogP contribution in [0.5, 0.6) is 0 Å². The summed E-state index contributed by atoms with van der Waals surface area (Å²) in [5.41, 5.74) is 2.11. The molecule has 0 aliphatic carbocycles. The molecule has 3 N–H and O–H groups in total. The average molecular weight is 395 g/mol. The van der Waals surface area contributed by atoms with Gasteiger partial charge in [-0.05, 0) is 43.4 Å². The highest BCUT2D eigenvalue weighted by Crippen LogP contribution is 2.11. The first-order chi connectivity index (χ1) is 14.2. The van der Waals surface area contributed by atoms with Crippen molar-refractivity contribution in [2.45, 2.75) is 31.7 Å². The van der Waals surface area contributed by atoms with Gasteiger partial charge in [-0.3, -0.25) is 9.69 Å². The topological polar surface area (TPSA) is 73.5 Å². The molecule has 0 aromatic heterocycles. The molecule has 6 heteroatoms. The lowest BCUT2D eigenvalue weighted by Gasteiger charge is -2.31. The SMILES string of the molecule is O=C(CN1CCC(NC(=O)NCCCc2ccccc2)CC1)Nc1ccccc1. The number of anilines is 1. The largest absolute Gasteiger partial charge is 0.338 e. The molecule has 1 fully saturated rings. The van der Waals surface area contributed by atoms with Crippen LogP contribution in [0.2, 0.25) is 0 Å². The number of hydrogen-bond acceptors (Lipinski definition) is 3. The van der Waals surface area contributed by atoms with E-state index < -0.39 is 0 Å². The van der Waals surface area contributed by atoms with E-state index in [1.807, 2.05) is 48.5 Å². The van der Waals surface area contributed by atoms with Gasteiger partial charge in [-0.25, -0.2) is 4.79 Å². The number of aryl methyl sites for hydroxylation is 1. The molecular formula is C23H30N4O2. The molecule has 3 amide bonds. The summed E-state index contributed by atoms with van der Waals surface area (Å²) in [6.07, 6.45) is 3.60. The fraction of sp³-hybridized carbons (Fsp3) is 0.391. The van der Waals surface area contributed by atoms with E-state index in [1.165, 1.54) is 5.56 Å². The van der Waals surface area contributed by atoms with Crippen LogP contribution in [0.3, 0.4) is 0 Å². The first-order valence-corrected chi connectivity index (χ1v) is 10.3. The Hall–Kier alpha value is -2.86. The van der Waals surface area contributed by atoms with Gasteiger partial charge in [-0.15, -0.1) is 0 Å². The Morgan fingerprint density at radius 3 is 2.28 bits per heavy atom. The van der Waals surface area contributed by atoms with Crippen LogP contribution < -0.4 is 16.0 Å². The van der Waals surface area contributed by atoms with Crippen molar-refractivity contribution in [2.75, 3.05) is 31.5 Å². The maximum Gasteiger partial charge on any atom is 0.315 e. The molecule has 1 heterocycles. The molecule has 3 rings (SSSR count). The van der Waals surface area contributed by atoms with Crippen molar-refractivity contribution in [3.63, 3.8) is 0 Å². The van der Waals surface area contributed by atoms with Crippen LogP contribution in [-0.2, 0) is 11.2 Å². The molecule has 1 aliphatic heterocycles. The molecule has 1 aliphatic rings. The van der Waals surface area contributed by atoms with Crippen LogP contribution >= 0.6 is 0 Å². The zero-order chi connectivity index (χ0) is 20.3. The lowest BCUT2D eigenvalue weighted by Crippen LogP contribution is -2.49. The first-order valence-electron chi connectivity index (χ1n) is 10.3. The number of nitrogens with zero attached hydrogens (tertiary/aromatic N) is 1. The predicted molar refractivity (Wildman–Crippen MR) is 116 cm³/mol. The second kappa shape index (κ2) is 11.2. The van der Waals surface area contributed by atoms with Crippen molar-refractivity contribution in [1.29, 1.82) is 0 Å². The summed E-state index contributed by atoms with van der Waals surface area (Å²) in [6, 6.07) is 19.8. The number of hydrogen-bond donors (Lipinski definition) is 3. The third-order valence-electron chi connectivity index (χ3n) is 5.12. The van der Waals surface area contributed by atoms with E-state index in [2.05, 4.69) is 33.0 Å². The van der Waals surface area contributed by atoms with Crippen LogP contribution in [-0.4, -0.2) is 49.1 Å². The second-order valence-corrected chi connectivity index (χ2v) is 7.45. The summed E-state index contributed by atoms with van der Waals surface area (Å²) in [4.78, 5) is 26.4. The molecule has 6 nitrogen and oxygen atoms in total. The normalized spacial score (nSPS) is 14.9. The maximum atomic E-state index is 12.2. The molecule has 2 aromatic carbocycles. The van der Waals surface area contributed by atoms with E-state index in [4.69, 9.17) is 0 Å². The van der Waals surface area contributed by atoms with E-state index in [0.29, 0.717) is 13.1 Å². The maximum absolute atomic E-state index is 12.2. The van der Waals surface area contributed by atoms with Gasteiger partial charge in [0.05, 0.1) is 6.54 Å². The Morgan fingerprint density at radius 2 is 1.59 bits per heavy atom. The molecule has 0 unspecified atom stereocenters. The number of para-hydroxylation sites is 1. The fourth-order valence-electron chi connectivity index (χ4n) is 3.54. The minimum atomic E-state index is -0.0988. The number of carbonyl (C=O) groups is 2. The molecular weight excluding hydrogens is 364 g/mol. The van der Waals surface area contributed by atoms with Crippen LogP contribution in [0.15, 0.2) is 60.7 Å². The first kappa shape index (κ1) is 20.9. The van der Waals surface area contributed by atoms with Gasteiger partial charge in [0, 0.05) is 31.4 Å². The van der Waals surface area contributed by atoms with E-state index >= 15 is 0 Å². The molecule has 2 aromatic rings. The number of carbonyl (C=O) groups excluding carboxylic acids is 2. The molecule has 154 valence electrons. The molecule has 0 atom stereocenters. The zero-order valence-corrected chi connectivity index (χ0v) is 16.8. The molecule has 0 radical (unpaired) electrons. The van der Waals surface area contributed by atoms with Crippen molar-refractivity contribution < 1.29 is 9.59 Å². The number of piperidine rings is 1. The molecule has 1 saturated heterocycles. The highest BCUT2D eigenvalue weighted by atomic mass is 16.2. The van der Waals surface area contributed by atoms with Crippen molar-refractivity contribution in [3.8, 4) is 0 Å². The number of likely N-dealkylation sites (tertiary alicyclic amines) is 1. The van der Waals surface area contributed by atoms with E-state index in [9.17, 15) is 9.59 Å². The number of amides is 3. The zero-order valence-electron chi connectivity index (χ0n) is 16.8. The Bertz CT molecular complexity index is 759. The van der Waals surface area contributed by atoms with Crippen LogP contribution in [0.25, 0.3) is 0 Å². The van der Waals surface area contributed by atoms with Crippen molar-refractivity contribution >= 4 is 17.6 Å². The Labute approximate surface area is 172 Å². The Kier molecular flexibility index (Phi) is 8.07. The van der Waals surface area contributed by atoms with Crippen LogP contribution in [0, 0.1) is 0 Å². The lowest BCUT2D eigenvalue weighted by atomic mass is 10.1. The highest BCUT2D eigenvalue weighted by molar-refractivity contribution is 5.92. The summed E-state index contributed by atoms with van der Waals surface area (Å²) in [7, 11) is 0. The van der Waals surface area contributed by atoms with Crippen molar-refractivity contribution in [3.05, 3.63) is 66.2 Å². The minimum absolute atomic E-state index is 0.00114. The van der Waals surface area contributed by atoms with Gasteiger partial charge in [0.25, 0.3) is 0 Å². The summed E-state index contributed by atoms with van der Waals surface area (Å²) >= 11 is 0. The number of rotatable bonds is 8. The Balaban J connectivity index is 1.27. The molecule has 0 saturated carbocycles. The summed E-state index contributed by atoms with van der Waals surface area (Å²) in [5.74, 6) is -0.00114. The number of nitrogens with one attached hydrogen (secondary N) is 3. The summed E-state index contributed by atoms with van der Waals surface area (Å²) in [5, 5.41) is 8.91. The van der Waals surface area contributed by atoms with Gasteiger partial charge >= 0.3 is 6.03 Å². The van der Waals surface area contributed by atoms with E-state index in [1.54, 1.807) is 0 Å². The molecule has 0 bridgehead atoms. The lowest BCUT2D eigenvalue weighted by molar-refractivity contribution is -0.117. The minimum Gasteiger partial charge on any atom is -0.338 e.